The molecule has 0 unspecified atom stereocenters. The summed E-state index contributed by atoms with van der Waals surface area (Å²) >= 11 is 0. The Morgan fingerprint density at radius 3 is 2.95 bits per heavy atom. The van der Waals surface area contributed by atoms with Crippen LogP contribution in [0.5, 0.6) is 5.75 Å². The van der Waals surface area contributed by atoms with Crippen LogP contribution < -0.4 is 4.74 Å². The standard InChI is InChI=1S/C16H16O3/c1-11-9-13(15(17)14-6-4-8-18-14)10-12-5-2-3-7-19-16(11)12/h4,6,8-10H,2-3,5,7H2,1H3. The van der Waals surface area contributed by atoms with Crippen molar-refractivity contribution < 1.29 is 13.9 Å². The first-order valence-electron chi connectivity index (χ1n) is 6.60. The fourth-order valence-corrected chi connectivity index (χ4v) is 2.51. The maximum atomic E-state index is 12.3. The minimum absolute atomic E-state index is 0.0693. The van der Waals surface area contributed by atoms with Crippen molar-refractivity contribution in [1.82, 2.24) is 0 Å². The first-order chi connectivity index (χ1) is 9.25. The van der Waals surface area contributed by atoms with Gasteiger partial charge in [0.1, 0.15) is 5.75 Å². The van der Waals surface area contributed by atoms with E-state index in [0.717, 1.165) is 42.7 Å². The second-order valence-electron chi connectivity index (χ2n) is 4.89. The lowest BCUT2D eigenvalue weighted by Crippen LogP contribution is -2.04. The summed E-state index contributed by atoms with van der Waals surface area (Å²) in [6.45, 7) is 2.75. The van der Waals surface area contributed by atoms with E-state index in [4.69, 9.17) is 9.15 Å². The zero-order valence-electron chi connectivity index (χ0n) is 10.9. The predicted molar refractivity (Wildman–Crippen MR) is 71.8 cm³/mol. The number of carbonyl (C=O) groups excluding carboxylic acids is 1. The van der Waals surface area contributed by atoms with Gasteiger partial charge in [-0.2, -0.15) is 0 Å². The molecule has 3 rings (SSSR count). The van der Waals surface area contributed by atoms with Crippen LogP contribution in [0.1, 0.15) is 40.1 Å². The zero-order valence-corrected chi connectivity index (χ0v) is 10.9. The largest absolute Gasteiger partial charge is 0.493 e. The lowest BCUT2D eigenvalue weighted by Gasteiger charge is -2.12. The van der Waals surface area contributed by atoms with Gasteiger partial charge in [-0.25, -0.2) is 0 Å². The van der Waals surface area contributed by atoms with Crippen molar-refractivity contribution in [3.05, 3.63) is 53.0 Å². The molecule has 0 radical (unpaired) electrons. The summed E-state index contributed by atoms with van der Waals surface area (Å²) in [4.78, 5) is 12.3. The van der Waals surface area contributed by atoms with E-state index in [2.05, 4.69) is 0 Å². The zero-order chi connectivity index (χ0) is 13.2. The van der Waals surface area contributed by atoms with Gasteiger partial charge >= 0.3 is 0 Å². The number of hydrogen-bond donors (Lipinski definition) is 0. The lowest BCUT2D eigenvalue weighted by molar-refractivity contribution is 0.101. The molecule has 0 amide bonds. The van der Waals surface area contributed by atoms with Crippen LogP contribution in [0.2, 0.25) is 0 Å². The molecular weight excluding hydrogens is 240 g/mol. The SMILES string of the molecule is Cc1cc(C(=O)c2ccco2)cc2c1OCCCC2. The highest BCUT2D eigenvalue weighted by Gasteiger charge is 2.18. The van der Waals surface area contributed by atoms with Gasteiger partial charge in [0.05, 0.1) is 12.9 Å². The normalized spacial score (nSPS) is 14.4. The number of fused-ring (bicyclic) bond motifs is 1. The van der Waals surface area contributed by atoms with Gasteiger partial charge in [-0.3, -0.25) is 4.79 Å². The van der Waals surface area contributed by atoms with Crippen LogP contribution in [-0.4, -0.2) is 12.4 Å². The molecule has 1 aromatic carbocycles. The van der Waals surface area contributed by atoms with Crippen LogP contribution in [0.3, 0.4) is 0 Å². The highest BCUT2D eigenvalue weighted by atomic mass is 16.5. The molecule has 98 valence electrons. The van der Waals surface area contributed by atoms with E-state index >= 15 is 0 Å². The second kappa shape index (κ2) is 4.92. The summed E-state index contributed by atoms with van der Waals surface area (Å²) < 4.78 is 10.9. The maximum Gasteiger partial charge on any atom is 0.228 e. The van der Waals surface area contributed by atoms with E-state index in [1.54, 1.807) is 12.1 Å². The lowest BCUT2D eigenvalue weighted by atomic mass is 9.98. The second-order valence-corrected chi connectivity index (χ2v) is 4.89. The molecule has 0 saturated heterocycles. The summed E-state index contributed by atoms with van der Waals surface area (Å²) in [5, 5.41) is 0. The van der Waals surface area contributed by atoms with E-state index in [9.17, 15) is 4.79 Å². The number of aryl methyl sites for hydroxylation is 2. The summed E-state index contributed by atoms with van der Waals surface area (Å²) in [6.07, 6.45) is 4.66. The average Bonchev–Trinajstić information content (AvgIpc) is 2.83. The van der Waals surface area contributed by atoms with E-state index in [1.807, 2.05) is 19.1 Å². The van der Waals surface area contributed by atoms with Crippen molar-refractivity contribution in [2.24, 2.45) is 0 Å². The van der Waals surface area contributed by atoms with Crippen LogP contribution in [-0.2, 0) is 6.42 Å². The third-order valence-corrected chi connectivity index (χ3v) is 3.45. The van der Waals surface area contributed by atoms with Crippen molar-refractivity contribution in [1.29, 1.82) is 0 Å². The first kappa shape index (κ1) is 12.0. The number of benzene rings is 1. The molecule has 0 fully saturated rings. The van der Waals surface area contributed by atoms with Crippen LogP contribution in [0.15, 0.2) is 34.9 Å². The van der Waals surface area contributed by atoms with Crippen molar-refractivity contribution in [3.8, 4) is 5.75 Å². The van der Waals surface area contributed by atoms with Gasteiger partial charge in [-0.15, -0.1) is 0 Å². The summed E-state index contributed by atoms with van der Waals surface area (Å²) in [6, 6.07) is 7.25. The van der Waals surface area contributed by atoms with E-state index in [0.29, 0.717) is 11.3 Å². The molecule has 19 heavy (non-hydrogen) atoms. The number of carbonyl (C=O) groups is 1. The third kappa shape index (κ3) is 2.28. The Balaban J connectivity index is 2.02. The Morgan fingerprint density at radius 1 is 1.26 bits per heavy atom. The molecule has 3 heteroatoms. The number of ketones is 1. The van der Waals surface area contributed by atoms with Crippen molar-refractivity contribution >= 4 is 5.78 Å². The van der Waals surface area contributed by atoms with Gasteiger partial charge in [0.25, 0.3) is 0 Å². The van der Waals surface area contributed by atoms with E-state index in [1.165, 1.54) is 6.26 Å². The Morgan fingerprint density at radius 2 is 2.16 bits per heavy atom. The van der Waals surface area contributed by atoms with Gasteiger partial charge in [0, 0.05) is 5.56 Å². The summed E-state index contributed by atoms with van der Waals surface area (Å²) in [5.74, 6) is 1.27. The topological polar surface area (TPSA) is 39.4 Å². The smallest absolute Gasteiger partial charge is 0.228 e. The van der Waals surface area contributed by atoms with Gasteiger partial charge in [-0.1, -0.05) is 0 Å². The Labute approximate surface area is 112 Å². The first-order valence-corrected chi connectivity index (χ1v) is 6.60. The quantitative estimate of drug-likeness (QED) is 0.771. The van der Waals surface area contributed by atoms with Crippen molar-refractivity contribution in [2.75, 3.05) is 6.61 Å². The Kier molecular flexibility index (Phi) is 3.11. The fourth-order valence-electron chi connectivity index (χ4n) is 2.51. The molecule has 0 bridgehead atoms. The third-order valence-electron chi connectivity index (χ3n) is 3.45. The van der Waals surface area contributed by atoms with E-state index in [-0.39, 0.29) is 5.78 Å². The molecule has 3 nitrogen and oxygen atoms in total. The highest BCUT2D eigenvalue weighted by molar-refractivity contribution is 6.07. The highest BCUT2D eigenvalue weighted by Crippen LogP contribution is 2.30. The average molecular weight is 256 g/mol. The fraction of sp³-hybridized carbons (Fsp3) is 0.312. The number of ether oxygens (including phenoxy) is 1. The van der Waals surface area contributed by atoms with Gasteiger partial charge < -0.3 is 9.15 Å². The van der Waals surface area contributed by atoms with E-state index < -0.39 is 0 Å². The minimum atomic E-state index is -0.0693. The van der Waals surface area contributed by atoms with Crippen molar-refractivity contribution in [2.45, 2.75) is 26.2 Å². The molecule has 0 N–H and O–H groups in total. The molecule has 1 aliphatic rings. The molecule has 0 atom stereocenters. The summed E-state index contributed by atoms with van der Waals surface area (Å²) in [7, 11) is 0. The summed E-state index contributed by atoms with van der Waals surface area (Å²) in [5.41, 5.74) is 2.83. The number of rotatable bonds is 2. The van der Waals surface area contributed by atoms with Crippen LogP contribution in [0.4, 0.5) is 0 Å². The molecule has 2 aromatic rings. The molecule has 0 spiro atoms. The molecule has 1 aromatic heterocycles. The maximum absolute atomic E-state index is 12.3. The van der Waals surface area contributed by atoms with Gasteiger partial charge in [-0.05, 0) is 61.6 Å². The number of hydrogen-bond acceptors (Lipinski definition) is 3. The molecular formula is C16H16O3. The number of furan rings is 1. The van der Waals surface area contributed by atoms with Crippen molar-refractivity contribution in [3.63, 3.8) is 0 Å². The molecule has 0 saturated carbocycles. The Bertz CT molecular complexity index is 597. The van der Waals surface area contributed by atoms with Gasteiger partial charge in [0.2, 0.25) is 5.78 Å². The van der Waals surface area contributed by atoms with Gasteiger partial charge in [0.15, 0.2) is 5.76 Å². The van der Waals surface area contributed by atoms with Crippen LogP contribution in [0, 0.1) is 6.92 Å². The predicted octanol–water partition coefficient (Wildman–Crippen LogP) is 3.53. The monoisotopic (exact) mass is 256 g/mol. The van der Waals surface area contributed by atoms with Crippen LogP contribution >= 0.6 is 0 Å². The van der Waals surface area contributed by atoms with Crippen LogP contribution in [0.25, 0.3) is 0 Å². The Hall–Kier alpha value is -2.03. The minimum Gasteiger partial charge on any atom is -0.493 e. The molecule has 1 aliphatic heterocycles. The molecule has 2 heterocycles. The molecule has 0 aliphatic carbocycles.